The second kappa shape index (κ2) is 13.7. The average molecular weight is 575 g/mol. The molecular formula is C31H35FN6O2S. The van der Waals surface area contributed by atoms with Gasteiger partial charge in [-0.15, -0.1) is 11.3 Å². The molecule has 0 atom stereocenters. The van der Waals surface area contributed by atoms with Crippen LogP contribution in [0.5, 0.6) is 5.75 Å². The van der Waals surface area contributed by atoms with Gasteiger partial charge in [0, 0.05) is 38.4 Å². The third-order valence-electron chi connectivity index (χ3n) is 7.11. The summed E-state index contributed by atoms with van der Waals surface area (Å²) >= 11 is 1.19. The lowest BCUT2D eigenvalue weighted by Gasteiger charge is -2.32. The SMILES string of the molecule is COc1cccc(CNC(=O)c2ccc(-c3nc(Nc4cccc(CCCN5CCN(C)CC5)c4)ncc3F)s2)c1. The molecule has 2 N–H and O–H groups in total. The zero-order valence-electron chi connectivity index (χ0n) is 23.4. The molecule has 0 spiro atoms. The molecule has 1 amide bonds. The van der Waals surface area contributed by atoms with Crippen molar-refractivity contribution < 1.29 is 13.9 Å². The molecule has 0 aliphatic carbocycles. The van der Waals surface area contributed by atoms with Crippen LogP contribution in [0.1, 0.15) is 27.2 Å². The largest absolute Gasteiger partial charge is 0.497 e. The zero-order chi connectivity index (χ0) is 28.6. The van der Waals surface area contributed by atoms with Crippen molar-refractivity contribution in [3.63, 3.8) is 0 Å². The van der Waals surface area contributed by atoms with Crippen molar-refractivity contribution in [1.82, 2.24) is 25.1 Å². The highest BCUT2D eigenvalue weighted by Crippen LogP contribution is 2.30. The number of ether oxygens (including phenoxy) is 1. The van der Waals surface area contributed by atoms with Crippen LogP contribution in [0.3, 0.4) is 0 Å². The van der Waals surface area contributed by atoms with Crippen molar-refractivity contribution in [1.29, 1.82) is 0 Å². The Bertz CT molecular complexity index is 1470. The minimum Gasteiger partial charge on any atom is -0.497 e. The van der Waals surface area contributed by atoms with E-state index in [2.05, 4.69) is 49.6 Å². The molecule has 1 saturated heterocycles. The van der Waals surface area contributed by atoms with E-state index in [-0.39, 0.29) is 11.6 Å². The van der Waals surface area contributed by atoms with E-state index in [9.17, 15) is 9.18 Å². The number of carbonyl (C=O) groups is 1. The van der Waals surface area contributed by atoms with Gasteiger partial charge in [-0.3, -0.25) is 4.79 Å². The number of halogens is 1. The number of carbonyl (C=O) groups excluding carboxylic acids is 1. The van der Waals surface area contributed by atoms with Crippen LogP contribution >= 0.6 is 11.3 Å². The number of piperazine rings is 1. The molecule has 10 heteroatoms. The van der Waals surface area contributed by atoms with E-state index in [1.54, 1.807) is 19.2 Å². The van der Waals surface area contributed by atoms with Gasteiger partial charge < -0.3 is 25.2 Å². The second-order valence-corrected chi connectivity index (χ2v) is 11.2. The van der Waals surface area contributed by atoms with Crippen molar-refractivity contribution in [3.8, 4) is 16.3 Å². The first-order valence-electron chi connectivity index (χ1n) is 13.8. The standard InChI is InChI=1S/C31H35FN6O2S/c1-37-14-16-38(17-15-37)13-5-8-22-6-3-9-24(18-22)35-31-34-21-26(32)29(36-31)27-11-12-28(41-27)30(39)33-20-23-7-4-10-25(19-23)40-2/h3-4,6-7,9-12,18-19,21H,5,8,13-17,20H2,1-2H3,(H,33,39)(H,34,35,36). The van der Waals surface area contributed by atoms with E-state index in [1.165, 1.54) is 16.9 Å². The van der Waals surface area contributed by atoms with Crippen LogP contribution in [0.2, 0.25) is 0 Å². The number of benzene rings is 2. The Morgan fingerprint density at radius 3 is 2.68 bits per heavy atom. The summed E-state index contributed by atoms with van der Waals surface area (Å²) in [6.45, 7) is 5.96. The Hall–Kier alpha value is -3.86. The van der Waals surface area contributed by atoms with Gasteiger partial charge in [-0.2, -0.15) is 0 Å². The van der Waals surface area contributed by atoms with E-state index >= 15 is 0 Å². The van der Waals surface area contributed by atoms with Crippen LogP contribution in [0.15, 0.2) is 66.9 Å². The summed E-state index contributed by atoms with van der Waals surface area (Å²) in [6, 6.07) is 19.1. The molecule has 1 aliphatic heterocycles. The Kier molecular flexibility index (Phi) is 9.55. The fraction of sp³-hybridized carbons (Fsp3) is 0.323. The second-order valence-electron chi connectivity index (χ2n) is 10.2. The van der Waals surface area contributed by atoms with Crippen molar-refractivity contribution in [3.05, 3.63) is 88.7 Å². The van der Waals surface area contributed by atoms with Crippen LogP contribution in [-0.4, -0.2) is 72.6 Å². The number of likely N-dealkylation sites (N-methyl/N-ethyl adjacent to an activating group) is 1. The molecule has 0 saturated carbocycles. The highest BCUT2D eigenvalue weighted by Gasteiger charge is 2.16. The highest BCUT2D eigenvalue weighted by molar-refractivity contribution is 7.17. The van der Waals surface area contributed by atoms with Crippen molar-refractivity contribution in [2.45, 2.75) is 19.4 Å². The number of nitrogens with zero attached hydrogens (tertiary/aromatic N) is 4. The van der Waals surface area contributed by atoms with Crippen LogP contribution in [0, 0.1) is 5.82 Å². The number of amides is 1. The first-order valence-corrected chi connectivity index (χ1v) is 14.6. The summed E-state index contributed by atoms with van der Waals surface area (Å²) in [5.74, 6) is 0.250. The van der Waals surface area contributed by atoms with Crippen molar-refractivity contribution in [2.24, 2.45) is 0 Å². The number of rotatable bonds is 11. The smallest absolute Gasteiger partial charge is 0.261 e. The summed E-state index contributed by atoms with van der Waals surface area (Å²) in [5.41, 5.74) is 3.16. The summed E-state index contributed by atoms with van der Waals surface area (Å²) < 4.78 is 20.0. The van der Waals surface area contributed by atoms with Gasteiger partial charge in [0.1, 0.15) is 11.4 Å². The monoisotopic (exact) mass is 574 g/mol. The Balaban J connectivity index is 1.19. The first-order chi connectivity index (χ1) is 20.0. The number of hydrogen-bond acceptors (Lipinski definition) is 8. The van der Waals surface area contributed by atoms with Gasteiger partial charge in [-0.25, -0.2) is 14.4 Å². The normalized spacial score (nSPS) is 14.1. The maximum atomic E-state index is 14.8. The fourth-order valence-electron chi connectivity index (χ4n) is 4.75. The van der Waals surface area contributed by atoms with Gasteiger partial charge in [0.15, 0.2) is 5.82 Å². The minimum atomic E-state index is -0.543. The molecule has 4 aromatic rings. The predicted octanol–water partition coefficient (Wildman–Crippen LogP) is 5.21. The Morgan fingerprint density at radius 2 is 1.85 bits per heavy atom. The van der Waals surface area contributed by atoms with Gasteiger partial charge in [0.25, 0.3) is 5.91 Å². The van der Waals surface area contributed by atoms with E-state index in [0.717, 1.165) is 68.8 Å². The Morgan fingerprint density at radius 1 is 1.05 bits per heavy atom. The average Bonchev–Trinajstić information content (AvgIpc) is 3.49. The lowest BCUT2D eigenvalue weighted by molar-refractivity contribution is 0.0955. The maximum Gasteiger partial charge on any atom is 0.261 e. The molecule has 0 radical (unpaired) electrons. The Labute approximate surface area is 244 Å². The van der Waals surface area contributed by atoms with E-state index < -0.39 is 5.82 Å². The van der Waals surface area contributed by atoms with Gasteiger partial charge in [-0.1, -0.05) is 24.3 Å². The summed E-state index contributed by atoms with van der Waals surface area (Å²) in [5, 5.41) is 6.12. The molecule has 5 rings (SSSR count). The molecule has 0 unspecified atom stereocenters. The molecule has 8 nitrogen and oxygen atoms in total. The molecule has 2 aromatic heterocycles. The minimum absolute atomic E-state index is 0.155. The molecule has 214 valence electrons. The first kappa shape index (κ1) is 28.7. The number of aryl methyl sites for hydroxylation is 1. The number of methoxy groups -OCH3 is 1. The number of thiophene rings is 1. The van der Waals surface area contributed by atoms with Crippen molar-refractivity contribution in [2.75, 3.05) is 52.2 Å². The lowest BCUT2D eigenvalue weighted by Crippen LogP contribution is -2.44. The maximum absolute atomic E-state index is 14.8. The third-order valence-corrected chi connectivity index (χ3v) is 8.20. The van der Waals surface area contributed by atoms with Crippen LogP contribution in [0.4, 0.5) is 16.0 Å². The van der Waals surface area contributed by atoms with E-state index in [0.29, 0.717) is 22.2 Å². The number of aromatic nitrogens is 2. The molecule has 3 heterocycles. The molecule has 41 heavy (non-hydrogen) atoms. The van der Waals surface area contributed by atoms with Gasteiger partial charge in [-0.05, 0) is 74.0 Å². The third kappa shape index (κ3) is 7.87. The van der Waals surface area contributed by atoms with Crippen molar-refractivity contribution >= 4 is 28.9 Å². The predicted molar refractivity (Wildman–Crippen MR) is 161 cm³/mol. The lowest BCUT2D eigenvalue weighted by atomic mass is 10.1. The summed E-state index contributed by atoms with van der Waals surface area (Å²) in [4.78, 5) is 27.2. The molecule has 0 bridgehead atoms. The number of anilines is 2. The van der Waals surface area contributed by atoms with Gasteiger partial charge in [0.05, 0.1) is 23.1 Å². The number of hydrogen-bond donors (Lipinski definition) is 2. The molecule has 1 fully saturated rings. The highest BCUT2D eigenvalue weighted by atomic mass is 32.1. The van der Waals surface area contributed by atoms with Gasteiger partial charge in [0.2, 0.25) is 5.95 Å². The van der Waals surface area contributed by atoms with Crippen LogP contribution in [0.25, 0.3) is 10.6 Å². The quantitative estimate of drug-likeness (QED) is 0.255. The van der Waals surface area contributed by atoms with Gasteiger partial charge >= 0.3 is 0 Å². The fourth-order valence-corrected chi connectivity index (χ4v) is 5.66. The molecule has 1 aliphatic rings. The van der Waals surface area contributed by atoms with E-state index in [1.807, 2.05) is 36.4 Å². The summed E-state index contributed by atoms with van der Waals surface area (Å²) in [6.07, 6.45) is 3.24. The molecular weight excluding hydrogens is 539 g/mol. The topological polar surface area (TPSA) is 82.6 Å². The van der Waals surface area contributed by atoms with Crippen LogP contribution in [-0.2, 0) is 13.0 Å². The molecule has 2 aromatic carbocycles. The van der Waals surface area contributed by atoms with Crippen LogP contribution < -0.4 is 15.4 Å². The number of nitrogens with one attached hydrogen (secondary N) is 2. The van der Waals surface area contributed by atoms with E-state index in [4.69, 9.17) is 4.74 Å². The summed E-state index contributed by atoms with van der Waals surface area (Å²) in [7, 11) is 3.78. The zero-order valence-corrected chi connectivity index (χ0v) is 24.2.